The van der Waals surface area contributed by atoms with E-state index in [1.54, 1.807) is 41.1 Å². The number of anilines is 1. The number of H-pyrrole nitrogens is 1. The number of rotatable bonds is 10. The number of hydrogen-bond donors (Lipinski definition) is 4. The molecule has 4 aromatic rings. The maximum atomic E-state index is 13.6. The van der Waals surface area contributed by atoms with E-state index in [2.05, 4.69) is 94.4 Å². The van der Waals surface area contributed by atoms with Gasteiger partial charge in [0.05, 0.1) is 23.4 Å². The topological polar surface area (TPSA) is 180 Å². The van der Waals surface area contributed by atoms with E-state index < -0.39 is 16.1 Å². The lowest BCUT2D eigenvalue weighted by molar-refractivity contribution is -0.140. The van der Waals surface area contributed by atoms with Crippen molar-refractivity contribution in [2.24, 2.45) is 5.41 Å². The second-order valence-electron chi connectivity index (χ2n) is 15.1. The van der Waals surface area contributed by atoms with Crippen molar-refractivity contribution in [2.45, 2.75) is 96.5 Å². The van der Waals surface area contributed by atoms with Crippen LogP contribution < -0.4 is 25.7 Å². The lowest BCUT2D eigenvalue weighted by atomic mass is 9.85. The second-order valence-corrected chi connectivity index (χ2v) is 18.4. The molecule has 3 fully saturated rings. The molecular formula is C43H55ClN6O7S2. The highest BCUT2D eigenvalue weighted by atomic mass is 35.5. The van der Waals surface area contributed by atoms with Gasteiger partial charge in [-0.15, -0.1) is 37.3 Å². The van der Waals surface area contributed by atoms with Crippen LogP contribution in [0.1, 0.15) is 70.4 Å². The van der Waals surface area contributed by atoms with Gasteiger partial charge in [0.15, 0.2) is 5.13 Å². The van der Waals surface area contributed by atoms with Crippen molar-refractivity contribution in [3.8, 4) is 29.9 Å². The summed E-state index contributed by atoms with van der Waals surface area (Å²) in [5, 5.41) is 10.8. The minimum Gasteiger partial charge on any atom is -0.495 e. The van der Waals surface area contributed by atoms with Crippen LogP contribution in [0.5, 0.6) is 5.75 Å². The fourth-order valence-corrected chi connectivity index (χ4v) is 8.06. The van der Waals surface area contributed by atoms with Crippen LogP contribution in [0.15, 0.2) is 65.9 Å². The van der Waals surface area contributed by atoms with Crippen LogP contribution in [0.4, 0.5) is 5.13 Å². The van der Waals surface area contributed by atoms with Crippen molar-refractivity contribution in [3.05, 3.63) is 87.6 Å². The van der Waals surface area contributed by atoms with Crippen molar-refractivity contribution < 1.29 is 27.5 Å². The molecule has 59 heavy (non-hydrogen) atoms. The van der Waals surface area contributed by atoms with Gasteiger partial charge in [-0.1, -0.05) is 44.5 Å². The summed E-state index contributed by atoms with van der Waals surface area (Å²) in [6, 6.07) is 10.9. The fraction of sp³-hybridized carbons (Fsp3) is 0.419. The van der Waals surface area contributed by atoms with Crippen molar-refractivity contribution in [2.75, 3.05) is 19.0 Å². The van der Waals surface area contributed by atoms with E-state index in [9.17, 15) is 27.6 Å². The number of ether oxygens (including phenoxy) is 1. The van der Waals surface area contributed by atoms with Gasteiger partial charge in [-0.2, -0.15) is 0 Å². The quantitative estimate of drug-likeness (QED) is 0.0743. The van der Waals surface area contributed by atoms with Gasteiger partial charge in [0.1, 0.15) is 17.8 Å². The van der Waals surface area contributed by atoms with Gasteiger partial charge in [0.2, 0.25) is 28.2 Å². The third-order valence-corrected chi connectivity index (χ3v) is 12.5. The predicted molar refractivity (Wildman–Crippen MR) is 238 cm³/mol. The standard InChI is InChI=1S/C25H34N4O2S.C10H8ClNO2.C4H7NO3S.C2H4.C2H2/c1-15-8-9-17(13-16(15)2)19-14-32-24(27-19)28-21(25(3,4)5)23(31)29-12-6-7-20(29)22(30)26-18-10-11-18;1-14-9-5-12-10(13)8-4-6(11)2-3-7(8)9;6-3-5-9(7,8)4-1-2-4;2*1-2/h8-9,13-14,18,20-21H,6-7,10-12H2,1-5H3,(H,26,30)(H,27,28);2-5H,1H3,(H,12,13);3-4H,1-2H2,(H,5,6);1-2H2;1-2H/t20-,21+;;;;/m0..../s1. The minimum atomic E-state index is -3.26. The normalized spacial score (nSPS) is 16.2. The van der Waals surface area contributed by atoms with Crippen molar-refractivity contribution >= 4 is 67.1 Å². The number of pyridine rings is 1. The van der Waals surface area contributed by atoms with Gasteiger partial charge in [-0.25, -0.2) is 13.4 Å². The Labute approximate surface area is 356 Å². The predicted octanol–water partition coefficient (Wildman–Crippen LogP) is 6.99. The molecule has 2 aromatic heterocycles. The number of amides is 3. The number of thiazole rings is 1. The Morgan fingerprint density at radius 2 is 1.73 bits per heavy atom. The molecule has 4 N–H and O–H groups in total. The van der Waals surface area contributed by atoms with Gasteiger partial charge in [-0.3, -0.25) is 23.9 Å². The lowest BCUT2D eigenvalue weighted by Crippen LogP contribution is -2.54. The number of fused-ring (bicyclic) bond motifs is 1. The smallest absolute Gasteiger partial charge is 0.256 e. The van der Waals surface area contributed by atoms with Crippen LogP contribution in [0.3, 0.4) is 0 Å². The van der Waals surface area contributed by atoms with E-state index in [1.807, 2.05) is 5.38 Å². The molecule has 3 heterocycles. The number of aromatic nitrogens is 2. The van der Waals surface area contributed by atoms with Gasteiger partial charge in [-0.05, 0) is 93.2 Å². The average molecular weight is 868 g/mol. The van der Waals surface area contributed by atoms with Gasteiger partial charge >= 0.3 is 0 Å². The number of aryl methyl sites for hydroxylation is 2. The van der Waals surface area contributed by atoms with E-state index in [0.29, 0.717) is 41.6 Å². The molecule has 0 unspecified atom stereocenters. The summed E-state index contributed by atoms with van der Waals surface area (Å²) in [6.07, 6.45) is 14.8. The molecule has 7 rings (SSSR count). The molecule has 3 amide bonds. The number of nitrogens with one attached hydrogen (secondary N) is 4. The number of halogens is 1. The first kappa shape index (κ1) is 48.2. The van der Waals surface area contributed by atoms with Crippen LogP contribution >= 0.6 is 22.9 Å². The molecule has 2 atom stereocenters. The Morgan fingerprint density at radius 3 is 2.31 bits per heavy atom. The maximum absolute atomic E-state index is 13.6. The number of terminal acetylenes is 1. The third-order valence-electron chi connectivity index (χ3n) is 9.67. The van der Waals surface area contributed by atoms with Crippen molar-refractivity contribution in [1.82, 2.24) is 24.9 Å². The summed E-state index contributed by atoms with van der Waals surface area (Å²) in [5.74, 6) is 0.613. The Morgan fingerprint density at radius 1 is 1.05 bits per heavy atom. The Bertz CT molecular complexity index is 2260. The van der Waals surface area contributed by atoms with E-state index >= 15 is 0 Å². The fourth-order valence-electron chi connectivity index (χ4n) is 6.06. The molecular weight excluding hydrogens is 812 g/mol. The highest BCUT2D eigenvalue weighted by Crippen LogP contribution is 2.32. The maximum Gasteiger partial charge on any atom is 0.256 e. The summed E-state index contributed by atoms with van der Waals surface area (Å²) in [4.78, 5) is 56.6. The summed E-state index contributed by atoms with van der Waals surface area (Å²) < 4.78 is 28.2. The van der Waals surface area contributed by atoms with E-state index in [4.69, 9.17) is 21.3 Å². The summed E-state index contributed by atoms with van der Waals surface area (Å²) in [6.45, 7) is 17.0. The largest absolute Gasteiger partial charge is 0.495 e. The number of benzene rings is 2. The first-order valence-electron chi connectivity index (χ1n) is 19.1. The van der Waals surface area contributed by atoms with Crippen molar-refractivity contribution in [3.63, 3.8) is 0 Å². The van der Waals surface area contributed by atoms with Gasteiger partial charge < -0.3 is 25.3 Å². The molecule has 0 bridgehead atoms. The Hall–Kier alpha value is -5.17. The van der Waals surface area contributed by atoms with E-state index in [1.165, 1.54) is 22.5 Å². The second kappa shape index (κ2) is 21.7. The molecule has 2 aliphatic carbocycles. The number of likely N-dealkylation sites (tertiary alicyclic amines) is 1. The number of nitrogens with zero attached hydrogens (tertiary/aromatic N) is 2. The van der Waals surface area contributed by atoms with E-state index in [-0.39, 0.29) is 40.5 Å². The zero-order valence-corrected chi connectivity index (χ0v) is 36.9. The number of sulfonamides is 1. The zero-order chi connectivity index (χ0) is 44.1. The van der Waals surface area contributed by atoms with Crippen LogP contribution in [-0.2, 0) is 24.4 Å². The number of carbonyl (C=O) groups excluding carboxylic acids is 3. The lowest BCUT2D eigenvalue weighted by Gasteiger charge is -2.35. The number of hydrogen-bond acceptors (Lipinski definition) is 10. The van der Waals surface area contributed by atoms with Gasteiger partial charge in [0.25, 0.3) is 5.56 Å². The average Bonchev–Trinajstić information content (AvgIpc) is 4.14. The first-order valence-corrected chi connectivity index (χ1v) is 21.9. The highest BCUT2D eigenvalue weighted by Gasteiger charge is 2.42. The summed E-state index contributed by atoms with van der Waals surface area (Å²) >= 11 is 7.30. The monoisotopic (exact) mass is 866 g/mol. The minimum absolute atomic E-state index is 0.00251. The number of aromatic amines is 1. The third kappa shape index (κ3) is 13.4. The number of carbonyl (C=O) groups is 3. The number of methoxy groups -OCH3 is 1. The molecule has 318 valence electrons. The zero-order valence-electron chi connectivity index (χ0n) is 34.5. The SMILES string of the molecule is C#C.C=C.COc1c[nH]c(=O)c2cc(Cl)ccc12.Cc1ccc(-c2csc(N[C@H](C(=O)N3CCC[C@H]3C(=O)NC3CC3)C(C)(C)C)n2)cc1C.O=CNS(=O)(=O)C1CC1. The molecule has 0 spiro atoms. The first-order chi connectivity index (χ1) is 28.0. The van der Waals surface area contributed by atoms with Crippen LogP contribution in [0.2, 0.25) is 5.02 Å². The molecule has 16 heteroatoms. The molecule has 3 aliphatic rings. The van der Waals surface area contributed by atoms with Crippen LogP contribution in [0, 0.1) is 32.1 Å². The molecule has 1 aliphatic heterocycles. The van der Waals surface area contributed by atoms with E-state index in [0.717, 1.165) is 47.5 Å². The van der Waals surface area contributed by atoms with Crippen molar-refractivity contribution in [1.29, 1.82) is 0 Å². The summed E-state index contributed by atoms with van der Waals surface area (Å²) in [5.41, 5.74) is 3.98. The highest BCUT2D eigenvalue weighted by molar-refractivity contribution is 7.90. The van der Waals surface area contributed by atoms with Crippen LogP contribution in [-0.4, -0.2) is 78.5 Å². The molecule has 2 saturated carbocycles. The Balaban J connectivity index is 0.000000281. The summed E-state index contributed by atoms with van der Waals surface area (Å²) in [7, 11) is -1.70. The van der Waals surface area contributed by atoms with Crippen LogP contribution in [0.25, 0.3) is 22.0 Å². The molecule has 13 nitrogen and oxygen atoms in total. The molecule has 1 saturated heterocycles. The Kier molecular flexibility index (Phi) is 17.7. The molecule has 0 radical (unpaired) electrons. The molecule has 2 aromatic carbocycles. The van der Waals surface area contributed by atoms with Gasteiger partial charge in [0, 0.05) is 40.1 Å².